The number of carbonyl (C=O) groups is 1. The molecule has 1 aliphatic carbocycles. The van der Waals surface area contributed by atoms with E-state index in [1.807, 2.05) is 25.1 Å². The lowest BCUT2D eigenvalue weighted by atomic mass is 9.95. The highest BCUT2D eigenvalue weighted by Gasteiger charge is 2.22. The van der Waals surface area contributed by atoms with Crippen LogP contribution in [-0.2, 0) is 13.1 Å². The van der Waals surface area contributed by atoms with Crippen molar-refractivity contribution in [3.63, 3.8) is 0 Å². The van der Waals surface area contributed by atoms with Gasteiger partial charge in [0.25, 0.3) is 5.91 Å². The molecule has 0 unspecified atom stereocenters. The molecule has 4 rings (SSSR count). The molecule has 26 heavy (non-hydrogen) atoms. The van der Waals surface area contributed by atoms with Crippen molar-refractivity contribution in [2.45, 2.75) is 64.3 Å². The molecular formula is C20H28N4O2. The molecule has 0 radical (unpaired) electrons. The van der Waals surface area contributed by atoms with Crippen molar-refractivity contribution >= 4 is 16.9 Å². The van der Waals surface area contributed by atoms with Crippen LogP contribution in [0, 0.1) is 0 Å². The molecule has 0 spiro atoms. The molecule has 1 aliphatic heterocycles. The summed E-state index contributed by atoms with van der Waals surface area (Å²) in [5.41, 5.74) is 2.67. The monoisotopic (exact) mass is 356 g/mol. The van der Waals surface area contributed by atoms with Gasteiger partial charge in [-0.05, 0) is 38.0 Å². The zero-order valence-corrected chi connectivity index (χ0v) is 15.4. The number of imidazole rings is 1. The number of amides is 1. The highest BCUT2D eigenvalue weighted by atomic mass is 16.3. The largest absolute Gasteiger partial charge is 0.392 e. The SMILES string of the molecule is C[C@H](O)CN1CCn2c(nc3cc(C(=O)NC4CCCCC4)ccc32)C1. The van der Waals surface area contributed by atoms with Crippen LogP contribution in [0.25, 0.3) is 11.0 Å². The van der Waals surface area contributed by atoms with Crippen molar-refractivity contribution in [1.82, 2.24) is 19.8 Å². The third-order valence-electron chi connectivity index (χ3n) is 5.56. The summed E-state index contributed by atoms with van der Waals surface area (Å²) in [5.74, 6) is 1.03. The number of carbonyl (C=O) groups excluding carboxylic acids is 1. The Hall–Kier alpha value is -1.92. The van der Waals surface area contributed by atoms with Crippen molar-refractivity contribution in [2.24, 2.45) is 0 Å². The van der Waals surface area contributed by atoms with Crippen molar-refractivity contribution < 1.29 is 9.90 Å². The smallest absolute Gasteiger partial charge is 0.251 e. The van der Waals surface area contributed by atoms with Crippen LogP contribution >= 0.6 is 0 Å². The summed E-state index contributed by atoms with van der Waals surface area (Å²) in [4.78, 5) is 19.6. The molecule has 1 amide bonds. The minimum atomic E-state index is -0.332. The van der Waals surface area contributed by atoms with Crippen LogP contribution in [0.2, 0.25) is 0 Å². The van der Waals surface area contributed by atoms with Crippen LogP contribution in [0.5, 0.6) is 0 Å². The fourth-order valence-corrected chi connectivity index (χ4v) is 4.26. The average Bonchev–Trinajstić information content (AvgIpc) is 2.98. The minimum Gasteiger partial charge on any atom is -0.392 e. The van der Waals surface area contributed by atoms with Crippen LogP contribution in [0.15, 0.2) is 18.2 Å². The first kappa shape index (κ1) is 17.5. The van der Waals surface area contributed by atoms with E-state index >= 15 is 0 Å². The molecule has 140 valence electrons. The van der Waals surface area contributed by atoms with Gasteiger partial charge in [-0.15, -0.1) is 0 Å². The number of hydrogen-bond donors (Lipinski definition) is 2. The number of rotatable bonds is 4. The van der Waals surface area contributed by atoms with Crippen molar-refractivity contribution in [2.75, 3.05) is 13.1 Å². The molecule has 6 nitrogen and oxygen atoms in total. The molecule has 2 N–H and O–H groups in total. The van der Waals surface area contributed by atoms with Gasteiger partial charge in [0, 0.05) is 31.2 Å². The predicted molar refractivity (Wildman–Crippen MR) is 101 cm³/mol. The molecule has 6 heteroatoms. The summed E-state index contributed by atoms with van der Waals surface area (Å²) < 4.78 is 2.23. The number of fused-ring (bicyclic) bond motifs is 3. The molecule has 2 aromatic rings. The van der Waals surface area contributed by atoms with Crippen LogP contribution in [0.3, 0.4) is 0 Å². The number of aromatic nitrogens is 2. The number of β-amino-alcohol motifs (C(OH)–C–C–N with tert-alkyl or cyclic N) is 1. The first-order valence-electron chi connectivity index (χ1n) is 9.80. The Labute approximate surface area is 154 Å². The Bertz CT molecular complexity index is 792. The lowest BCUT2D eigenvalue weighted by Gasteiger charge is -2.28. The standard InChI is InChI=1S/C20H28N4O2/c1-14(25)12-23-9-10-24-18-8-7-15(11-17(18)22-19(24)13-23)20(26)21-16-5-3-2-4-6-16/h7-8,11,14,16,25H,2-6,9-10,12-13H2,1H3,(H,21,26)/t14-/m0/s1. The maximum atomic E-state index is 12.6. The molecule has 0 saturated heterocycles. The summed E-state index contributed by atoms with van der Waals surface area (Å²) in [6.45, 7) is 5.00. The van der Waals surface area contributed by atoms with E-state index in [9.17, 15) is 9.90 Å². The Kier molecular flexibility index (Phi) is 4.96. The van der Waals surface area contributed by atoms with Crippen LogP contribution in [0.4, 0.5) is 0 Å². The van der Waals surface area contributed by atoms with Gasteiger partial charge in [-0.1, -0.05) is 19.3 Å². The number of hydrogen-bond acceptors (Lipinski definition) is 4. The van der Waals surface area contributed by atoms with E-state index in [1.54, 1.807) is 0 Å². The fraction of sp³-hybridized carbons (Fsp3) is 0.600. The first-order chi connectivity index (χ1) is 12.6. The second-order valence-corrected chi connectivity index (χ2v) is 7.78. The summed E-state index contributed by atoms with van der Waals surface area (Å²) in [6.07, 6.45) is 5.55. The highest BCUT2D eigenvalue weighted by molar-refractivity contribution is 5.97. The zero-order chi connectivity index (χ0) is 18.1. The van der Waals surface area contributed by atoms with E-state index in [0.717, 1.165) is 49.3 Å². The van der Waals surface area contributed by atoms with Gasteiger partial charge in [-0.2, -0.15) is 0 Å². The molecule has 0 bridgehead atoms. The van der Waals surface area contributed by atoms with Crippen molar-refractivity contribution in [3.8, 4) is 0 Å². The molecule has 2 heterocycles. The van der Waals surface area contributed by atoms with Gasteiger partial charge in [0.05, 0.1) is 23.7 Å². The second-order valence-electron chi connectivity index (χ2n) is 7.78. The third-order valence-corrected chi connectivity index (χ3v) is 5.56. The van der Waals surface area contributed by atoms with Gasteiger partial charge in [0.1, 0.15) is 5.82 Å². The maximum absolute atomic E-state index is 12.6. The number of nitrogens with zero attached hydrogens (tertiary/aromatic N) is 3. The van der Waals surface area contributed by atoms with E-state index in [-0.39, 0.29) is 12.0 Å². The van der Waals surface area contributed by atoms with E-state index in [1.165, 1.54) is 19.3 Å². The summed E-state index contributed by atoms with van der Waals surface area (Å²) in [7, 11) is 0. The second kappa shape index (κ2) is 7.37. The van der Waals surface area contributed by atoms with Crippen molar-refractivity contribution in [1.29, 1.82) is 0 Å². The maximum Gasteiger partial charge on any atom is 0.251 e. The molecule has 1 atom stereocenters. The van der Waals surface area contributed by atoms with Gasteiger partial charge in [-0.3, -0.25) is 9.69 Å². The molecule has 1 saturated carbocycles. The normalized spacial score (nSPS) is 20.1. The quantitative estimate of drug-likeness (QED) is 0.882. The van der Waals surface area contributed by atoms with E-state index < -0.39 is 0 Å². The Balaban J connectivity index is 1.52. The molecular weight excluding hydrogens is 328 g/mol. The Morgan fingerprint density at radius 2 is 2.12 bits per heavy atom. The van der Waals surface area contributed by atoms with Crippen LogP contribution in [-0.4, -0.2) is 50.7 Å². The molecule has 1 aromatic heterocycles. The first-order valence-corrected chi connectivity index (χ1v) is 9.80. The molecule has 1 fully saturated rings. The van der Waals surface area contributed by atoms with Gasteiger partial charge >= 0.3 is 0 Å². The topological polar surface area (TPSA) is 70.4 Å². The van der Waals surface area contributed by atoms with E-state index in [0.29, 0.717) is 18.2 Å². The van der Waals surface area contributed by atoms with Crippen LogP contribution in [0.1, 0.15) is 55.2 Å². The van der Waals surface area contributed by atoms with Gasteiger partial charge in [-0.25, -0.2) is 4.98 Å². The van der Waals surface area contributed by atoms with Crippen LogP contribution < -0.4 is 5.32 Å². The van der Waals surface area contributed by atoms with Gasteiger partial charge < -0.3 is 15.0 Å². The predicted octanol–water partition coefficient (Wildman–Crippen LogP) is 2.30. The summed E-state index contributed by atoms with van der Waals surface area (Å²) in [5, 5.41) is 12.8. The number of aliphatic hydroxyl groups excluding tert-OH is 1. The Morgan fingerprint density at radius 1 is 1.31 bits per heavy atom. The Morgan fingerprint density at radius 3 is 2.88 bits per heavy atom. The lowest BCUT2D eigenvalue weighted by molar-refractivity contribution is 0.0927. The summed E-state index contributed by atoms with van der Waals surface area (Å²) >= 11 is 0. The highest BCUT2D eigenvalue weighted by Crippen LogP contribution is 2.23. The summed E-state index contributed by atoms with van der Waals surface area (Å²) in [6, 6.07) is 6.16. The van der Waals surface area contributed by atoms with E-state index in [2.05, 4.69) is 14.8 Å². The molecule has 1 aromatic carbocycles. The average molecular weight is 356 g/mol. The molecule has 2 aliphatic rings. The number of benzene rings is 1. The van der Waals surface area contributed by atoms with E-state index in [4.69, 9.17) is 4.98 Å². The number of aliphatic hydroxyl groups is 1. The van der Waals surface area contributed by atoms with Gasteiger partial charge in [0.2, 0.25) is 0 Å². The van der Waals surface area contributed by atoms with Crippen molar-refractivity contribution in [3.05, 3.63) is 29.6 Å². The van der Waals surface area contributed by atoms with Gasteiger partial charge in [0.15, 0.2) is 0 Å². The lowest BCUT2D eigenvalue weighted by Crippen LogP contribution is -2.37. The number of nitrogens with one attached hydrogen (secondary N) is 1. The zero-order valence-electron chi connectivity index (χ0n) is 15.4. The minimum absolute atomic E-state index is 0.0144. The third kappa shape index (κ3) is 3.62. The fourth-order valence-electron chi connectivity index (χ4n) is 4.26.